The lowest BCUT2D eigenvalue weighted by Gasteiger charge is -2.12. The molecule has 0 aliphatic heterocycles. The van der Waals surface area contributed by atoms with Crippen LogP contribution in [0, 0.1) is 0 Å². The first-order chi connectivity index (χ1) is 21.0. The van der Waals surface area contributed by atoms with Crippen LogP contribution in [-0.2, 0) is 13.7 Å². The number of aryl methyl sites for hydroxylation is 1. The molecule has 7 rings (SSSR count). The lowest BCUT2D eigenvalue weighted by molar-refractivity contribution is 0.0695. The molecule has 8 nitrogen and oxygen atoms in total. The average molecular weight is 568 g/mol. The predicted molar refractivity (Wildman–Crippen MR) is 163 cm³/mol. The van der Waals surface area contributed by atoms with Crippen molar-refractivity contribution >= 4 is 5.97 Å². The van der Waals surface area contributed by atoms with E-state index >= 15 is 0 Å². The first kappa shape index (κ1) is 26.4. The van der Waals surface area contributed by atoms with Crippen LogP contribution >= 0.6 is 0 Å². The molecule has 2 atom stereocenters. The first-order valence-corrected chi connectivity index (χ1v) is 14.2. The molecule has 0 saturated heterocycles. The molecule has 1 fully saturated rings. The highest BCUT2D eigenvalue weighted by molar-refractivity contribution is 5.89. The van der Waals surface area contributed by atoms with Crippen LogP contribution in [0.15, 0.2) is 116 Å². The van der Waals surface area contributed by atoms with Crippen molar-refractivity contribution in [2.45, 2.75) is 24.9 Å². The van der Waals surface area contributed by atoms with E-state index in [0.717, 1.165) is 45.8 Å². The zero-order valence-electron chi connectivity index (χ0n) is 23.5. The van der Waals surface area contributed by atoms with Gasteiger partial charge in [-0.1, -0.05) is 78.0 Å². The van der Waals surface area contributed by atoms with E-state index in [1.165, 1.54) is 11.8 Å². The zero-order valence-corrected chi connectivity index (χ0v) is 23.5. The molecule has 0 unspecified atom stereocenters. The highest BCUT2D eigenvalue weighted by Gasteiger charge is 2.46. The third-order valence-corrected chi connectivity index (χ3v) is 7.88. The molecular formula is C35H29N5O3. The molecule has 1 aliphatic rings. The number of nitrogens with zero attached hydrogens (tertiary/aromatic N) is 5. The Balaban J connectivity index is 1.13. The van der Waals surface area contributed by atoms with Crippen LogP contribution < -0.4 is 4.74 Å². The molecule has 0 spiro atoms. The maximum absolute atomic E-state index is 12.1. The van der Waals surface area contributed by atoms with E-state index in [1.807, 2.05) is 80.0 Å². The van der Waals surface area contributed by atoms with Gasteiger partial charge in [0.15, 0.2) is 0 Å². The molecule has 212 valence electrons. The van der Waals surface area contributed by atoms with Gasteiger partial charge < -0.3 is 9.84 Å². The smallest absolute Gasteiger partial charge is 0.339 e. The SMILES string of the molecule is Cn1cc([C@H]2C[C@@H]2c2c(C(=O)O)cnn2-c2cccc(-c3cccc(OCc4cccc(-c5ccccc5)c4)c3)c2)nn1. The lowest BCUT2D eigenvalue weighted by atomic mass is 10.0. The van der Waals surface area contributed by atoms with Gasteiger partial charge in [0, 0.05) is 25.1 Å². The maximum Gasteiger partial charge on any atom is 0.339 e. The van der Waals surface area contributed by atoms with E-state index in [9.17, 15) is 9.90 Å². The highest BCUT2D eigenvalue weighted by Crippen LogP contribution is 2.55. The molecule has 0 radical (unpaired) electrons. The molecule has 2 heterocycles. The van der Waals surface area contributed by atoms with Gasteiger partial charge in [-0.05, 0) is 64.6 Å². The fourth-order valence-corrected chi connectivity index (χ4v) is 5.67. The number of rotatable bonds is 9. The molecule has 6 aromatic rings. The van der Waals surface area contributed by atoms with Gasteiger partial charge in [-0.25, -0.2) is 9.48 Å². The number of ether oxygens (including phenoxy) is 1. The molecule has 43 heavy (non-hydrogen) atoms. The van der Waals surface area contributed by atoms with Gasteiger partial charge in [-0.15, -0.1) is 5.10 Å². The van der Waals surface area contributed by atoms with Crippen molar-refractivity contribution in [2.75, 3.05) is 0 Å². The van der Waals surface area contributed by atoms with Crippen molar-refractivity contribution in [3.05, 3.63) is 138 Å². The minimum atomic E-state index is -0.985. The second kappa shape index (κ2) is 11.1. The summed E-state index contributed by atoms with van der Waals surface area (Å²) >= 11 is 0. The number of hydrogen-bond donors (Lipinski definition) is 1. The van der Waals surface area contributed by atoms with E-state index in [-0.39, 0.29) is 17.4 Å². The summed E-state index contributed by atoms with van der Waals surface area (Å²) < 4.78 is 9.64. The summed E-state index contributed by atoms with van der Waals surface area (Å²) in [7, 11) is 1.83. The van der Waals surface area contributed by atoms with Gasteiger partial charge in [0.1, 0.15) is 17.9 Å². The summed E-state index contributed by atoms with van der Waals surface area (Å²) in [5, 5.41) is 22.8. The predicted octanol–water partition coefficient (Wildman–Crippen LogP) is 6.88. The Morgan fingerprint density at radius 1 is 0.860 bits per heavy atom. The van der Waals surface area contributed by atoms with Crippen molar-refractivity contribution in [2.24, 2.45) is 7.05 Å². The summed E-state index contributed by atoms with van der Waals surface area (Å²) in [6.07, 6.45) is 4.14. The molecule has 0 bridgehead atoms. The number of aromatic nitrogens is 5. The Hall–Kier alpha value is -5.50. The molecule has 4 aromatic carbocycles. The van der Waals surface area contributed by atoms with Crippen LogP contribution in [0.5, 0.6) is 5.75 Å². The van der Waals surface area contributed by atoms with E-state index in [0.29, 0.717) is 12.3 Å². The maximum atomic E-state index is 12.1. The Morgan fingerprint density at radius 2 is 1.58 bits per heavy atom. The number of carbonyl (C=O) groups is 1. The summed E-state index contributed by atoms with van der Waals surface area (Å²) in [6, 6.07) is 34.7. The summed E-state index contributed by atoms with van der Waals surface area (Å²) in [5.74, 6) is -0.0918. The second-order valence-electron chi connectivity index (χ2n) is 10.9. The van der Waals surface area contributed by atoms with Gasteiger partial charge in [0.25, 0.3) is 0 Å². The Labute approximate surface area is 248 Å². The molecule has 1 saturated carbocycles. The average Bonchev–Trinajstić information content (AvgIpc) is 3.49. The fraction of sp³-hybridized carbons (Fsp3) is 0.143. The molecule has 0 amide bonds. The Kier molecular flexibility index (Phi) is 6.79. The molecule has 1 aliphatic carbocycles. The highest BCUT2D eigenvalue weighted by atomic mass is 16.5. The van der Waals surface area contributed by atoms with Crippen LogP contribution in [0.25, 0.3) is 27.9 Å². The molecule has 8 heteroatoms. The number of carboxylic acid groups (broad SMARTS) is 1. The van der Waals surface area contributed by atoms with Crippen molar-refractivity contribution in [3.63, 3.8) is 0 Å². The molecule has 2 aromatic heterocycles. The van der Waals surface area contributed by atoms with Crippen LogP contribution in [0.2, 0.25) is 0 Å². The van der Waals surface area contributed by atoms with Crippen molar-refractivity contribution in [1.82, 2.24) is 24.8 Å². The normalized spacial score (nSPS) is 15.7. The minimum Gasteiger partial charge on any atom is -0.489 e. The third kappa shape index (κ3) is 5.42. The Bertz CT molecular complexity index is 1930. The van der Waals surface area contributed by atoms with Crippen molar-refractivity contribution in [1.29, 1.82) is 0 Å². The van der Waals surface area contributed by atoms with E-state index in [4.69, 9.17) is 4.74 Å². The van der Waals surface area contributed by atoms with Crippen LogP contribution in [0.3, 0.4) is 0 Å². The van der Waals surface area contributed by atoms with Crippen LogP contribution in [0.4, 0.5) is 0 Å². The fourth-order valence-electron chi connectivity index (χ4n) is 5.67. The third-order valence-electron chi connectivity index (χ3n) is 7.88. The largest absolute Gasteiger partial charge is 0.489 e. The van der Waals surface area contributed by atoms with Gasteiger partial charge >= 0.3 is 5.97 Å². The Morgan fingerprint density at radius 3 is 2.35 bits per heavy atom. The quantitative estimate of drug-likeness (QED) is 0.205. The van der Waals surface area contributed by atoms with E-state index in [2.05, 4.69) is 51.8 Å². The van der Waals surface area contributed by atoms with Gasteiger partial charge in [0.05, 0.1) is 23.3 Å². The van der Waals surface area contributed by atoms with Gasteiger partial charge in [0.2, 0.25) is 0 Å². The van der Waals surface area contributed by atoms with E-state index < -0.39 is 5.97 Å². The lowest BCUT2D eigenvalue weighted by Crippen LogP contribution is -2.06. The standard InChI is InChI=1S/C35H29N5O3/c1-39-21-33(37-38-39)30-19-31(30)34-32(35(41)42)20-36-40(34)28-14-6-12-26(17-28)27-13-7-15-29(18-27)43-22-23-8-5-11-25(16-23)24-9-3-2-4-10-24/h2-18,20-21,30-31H,19,22H2,1H3,(H,41,42)/t30-,31-/m0/s1. The van der Waals surface area contributed by atoms with Gasteiger partial charge in [-0.2, -0.15) is 5.10 Å². The summed E-state index contributed by atoms with van der Waals surface area (Å²) in [4.78, 5) is 12.1. The van der Waals surface area contributed by atoms with E-state index in [1.54, 1.807) is 9.36 Å². The van der Waals surface area contributed by atoms with Crippen LogP contribution in [0.1, 0.15) is 45.6 Å². The number of aromatic carboxylic acids is 1. The minimum absolute atomic E-state index is 0.00563. The second-order valence-corrected chi connectivity index (χ2v) is 10.9. The molecular weight excluding hydrogens is 538 g/mol. The van der Waals surface area contributed by atoms with Crippen molar-refractivity contribution < 1.29 is 14.6 Å². The van der Waals surface area contributed by atoms with Gasteiger partial charge in [-0.3, -0.25) is 4.68 Å². The summed E-state index contributed by atoms with van der Waals surface area (Å²) in [5.41, 5.74) is 7.97. The zero-order chi connectivity index (χ0) is 29.3. The monoisotopic (exact) mass is 567 g/mol. The molecule has 1 N–H and O–H groups in total. The summed E-state index contributed by atoms with van der Waals surface area (Å²) in [6.45, 7) is 0.452. The number of carboxylic acids is 1. The first-order valence-electron chi connectivity index (χ1n) is 14.2. The van der Waals surface area contributed by atoms with Crippen molar-refractivity contribution in [3.8, 4) is 33.7 Å². The number of hydrogen-bond acceptors (Lipinski definition) is 5. The number of benzene rings is 4. The topological polar surface area (TPSA) is 95.1 Å². The van der Waals surface area contributed by atoms with Crippen LogP contribution in [-0.4, -0.2) is 35.9 Å².